The predicted octanol–water partition coefficient (Wildman–Crippen LogP) is 4.26. The molecule has 0 radical (unpaired) electrons. The fourth-order valence-corrected chi connectivity index (χ4v) is 4.30. The Bertz CT molecular complexity index is 1320. The molecule has 0 spiro atoms. The first-order chi connectivity index (χ1) is 17.1. The highest BCUT2D eigenvalue weighted by Gasteiger charge is 2.32. The molecular formula is C27H26N6O2. The van der Waals surface area contributed by atoms with Crippen LogP contribution in [0, 0.1) is 6.92 Å². The fourth-order valence-electron chi connectivity index (χ4n) is 4.30. The van der Waals surface area contributed by atoms with Crippen LogP contribution in [0.5, 0.6) is 0 Å². The van der Waals surface area contributed by atoms with Crippen molar-refractivity contribution < 1.29 is 9.59 Å². The molecule has 3 aromatic heterocycles. The molecule has 1 aliphatic heterocycles. The number of pyridine rings is 2. The maximum atomic E-state index is 13.3. The number of anilines is 1. The monoisotopic (exact) mass is 466 g/mol. The van der Waals surface area contributed by atoms with E-state index in [2.05, 4.69) is 20.4 Å². The van der Waals surface area contributed by atoms with Gasteiger partial charge in [0, 0.05) is 30.7 Å². The molecule has 1 aromatic carbocycles. The predicted molar refractivity (Wildman–Crippen MR) is 132 cm³/mol. The van der Waals surface area contributed by atoms with Crippen LogP contribution in [0.2, 0.25) is 0 Å². The Balaban J connectivity index is 1.29. The number of aryl methyl sites for hydroxylation is 1. The Hall–Kier alpha value is -4.33. The van der Waals surface area contributed by atoms with E-state index in [0.29, 0.717) is 30.2 Å². The minimum absolute atomic E-state index is 0.0290. The molecule has 0 unspecified atom stereocenters. The van der Waals surface area contributed by atoms with Crippen molar-refractivity contribution in [3.63, 3.8) is 0 Å². The number of carbonyl (C=O) groups is 2. The molecule has 1 fully saturated rings. The molecule has 1 atom stereocenters. The van der Waals surface area contributed by atoms with E-state index < -0.39 is 0 Å². The molecule has 2 amide bonds. The largest absolute Gasteiger partial charge is 0.330 e. The Morgan fingerprint density at radius 3 is 2.66 bits per heavy atom. The molecule has 4 aromatic rings. The summed E-state index contributed by atoms with van der Waals surface area (Å²) >= 11 is 0. The zero-order valence-electron chi connectivity index (χ0n) is 19.5. The minimum atomic E-state index is -0.327. The van der Waals surface area contributed by atoms with Crippen LogP contribution in [0.3, 0.4) is 0 Å². The van der Waals surface area contributed by atoms with Crippen molar-refractivity contribution in [1.82, 2.24) is 24.6 Å². The second-order valence-electron chi connectivity index (χ2n) is 8.68. The number of benzene rings is 1. The molecule has 0 aliphatic carbocycles. The molecule has 35 heavy (non-hydrogen) atoms. The fraction of sp³-hybridized carbons (Fsp3) is 0.222. The summed E-state index contributed by atoms with van der Waals surface area (Å²) in [6.45, 7) is 3.25. The number of nitrogens with one attached hydrogen (secondary N) is 1. The van der Waals surface area contributed by atoms with Gasteiger partial charge in [0.25, 0.3) is 11.8 Å². The number of aromatic nitrogens is 4. The van der Waals surface area contributed by atoms with Crippen LogP contribution in [0.15, 0.2) is 79.3 Å². The minimum Gasteiger partial charge on any atom is -0.330 e. The van der Waals surface area contributed by atoms with Crippen molar-refractivity contribution in [3.8, 4) is 0 Å². The Morgan fingerprint density at radius 2 is 1.91 bits per heavy atom. The van der Waals surface area contributed by atoms with Crippen LogP contribution >= 0.6 is 0 Å². The van der Waals surface area contributed by atoms with Crippen molar-refractivity contribution >= 4 is 17.6 Å². The van der Waals surface area contributed by atoms with E-state index in [4.69, 9.17) is 0 Å². The number of likely N-dealkylation sites (tertiary alicyclic amines) is 1. The lowest BCUT2D eigenvalue weighted by Gasteiger charge is -2.25. The second kappa shape index (κ2) is 9.89. The molecule has 0 bridgehead atoms. The SMILES string of the molecule is Cc1ccc(NC(=O)c2cccc([C@@H]3CCCN3C(=O)c3ccc(Cn4cccn4)cc3)n2)nc1. The van der Waals surface area contributed by atoms with Crippen molar-refractivity contribution in [2.75, 3.05) is 11.9 Å². The van der Waals surface area contributed by atoms with Crippen LogP contribution in [-0.4, -0.2) is 43.0 Å². The van der Waals surface area contributed by atoms with Gasteiger partial charge < -0.3 is 10.2 Å². The van der Waals surface area contributed by atoms with E-state index in [-0.39, 0.29) is 17.9 Å². The Labute approximate surface area is 203 Å². The van der Waals surface area contributed by atoms with Gasteiger partial charge in [0.05, 0.1) is 18.3 Å². The summed E-state index contributed by atoms with van der Waals surface area (Å²) in [5, 5.41) is 7.01. The van der Waals surface area contributed by atoms with E-state index >= 15 is 0 Å². The highest BCUT2D eigenvalue weighted by Crippen LogP contribution is 2.32. The van der Waals surface area contributed by atoms with E-state index in [1.165, 1.54) is 0 Å². The molecular weight excluding hydrogens is 440 g/mol. The summed E-state index contributed by atoms with van der Waals surface area (Å²) in [5.41, 5.74) is 3.75. The van der Waals surface area contributed by atoms with E-state index in [0.717, 1.165) is 29.7 Å². The zero-order chi connectivity index (χ0) is 24.2. The molecule has 8 nitrogen and oxygen atoms in total. The highest BCUT2D eigenvalue weighted by atomic mass is 16.2. The maximum Gasteiger partial charge on any atom is 0.275 e. The lowest BCUT2D eigenvalue weighted by molar-refractivity contribution is 0.0733. The number of hydrogen-bond donors (Lipinski definition) is 1. The van der Waals surface area contributed by atoms with Gasteiger partial charge in [0.15, 0.2) is 0 Å². The third-order valence-electron chi connectivity index (χ3n) is 6.12. The Kier molecular flexibility index (Phi) is 6.34. The average molecular weight is 467 g/mol. The van der Waals surface area contributed by atoms with Crippen LogP contribution in [0.25, 0.3) is 0 Å². The number of hydrogen-bond acceptors (Lipinski definition) is 5. The molecule has 1 N–H and O–H groups in total. The molecule has 4 heterocycles. The number of rotatable bonds is 6. The summed E-state index contributed by atoms with van der Waals surface area (Å²) in [5.74, 6) is 0.118. The van der Waals surface area contributed by atoms with Gasteiger partial charge in [-0.1, -0.05) is 24.3 Å². The van der Waals surface area contributed by atoms with Crippen LogP contribution in [0.1, 0.15) is 56.6 Å². The van der Waals surface area contributed by atoms with Crippen LogP contribution < -0.4 is 5.32 Å². The quantitative estimate of drug-likeness (QED) is 0.458. The summed E-state index contributed by atoms with van der Waals surface area (Å²) in [6.07, 6.45) is 7.05. The normalized spacial score (nSPS) is 15.2. The molecule has 176 valence electrons. The van der Waals surface area contributed by atoms with E-state index in [9.17, 15) is 9.59 Å². The summed E-state index contributed by atoms with van der Waals surface area (Å²) < 4.78 is 1.84. The summed E-state index contributed by atoms with van der Waals surface area (Å²) in [7, 11) is 0. The summed E-state index contributed by atoms with van der Waals surface area (Å²) in [6, 6.07) is 18.4. The topological polar surface area (TPSA) is 93.0 Å². The number of nitrogens with zero attached hydrogens (tertiary/aromatic N) is 5. The van der Waals surface area contributed by atoms with Crippen LogP contribution in [0.4, 0.5) is 5.82 Å². The standard InChI is InChI=1S/C27H26N6O2/c1-19-8-13-25(28-17-19)31-26(34)23-6-2-5-22(30-23)24-7-3-16-33(24)27(35)21-11-9-20(10-12-21)18-32-15-4-14-29-32/h2,4-6,8-15,17,24H,3,7,16,18H2,1H3,(H,28,31,34)/t24-/m0/s1. The van der Waals surface area contributed by atoms with Gasteiger partial charge in [-0.3, -0.25) is 14.3 Å². The van der Waals surface area contributed by atoms with Gasteiger partial charge in [-0.2, -0.15) is 5.10 Å². The lowest BCUT2D eigenvalue weighted by atomic mass is 10.1. The molecule has 1 aliphatic rings. The lowest BCUT2D eigenvalue weighted by Crippen LogP contribution is -2.31. The van der Waals surface area contributed by atoms with Gasteiger partial charge in [-0.05, 0) is 67.3 Å². The van der Waals surface area contributed by atoms with E-state index in [1.807, 2.05) is 71.2 Å². The van der Waals surface area contributed by atoms with Gasteiger partial charge in [-0.25, -0.2) is 9.97 Å². The number of amides is 2. The maximum absolute atomic E-state index is 13.3. The van der Waals surface area contributed by atoms with Crippen LogP contribution in [-0.2, 0) is 6.54 Å². The first kappa shape index (κ1) is 22.5. The Morgan fingerprint density at radius 1 is 1.06 bits per heavy atom. The smallest absolute Gasteiger partial charge is 0.275 e. The third kappa shape index (κ3) is 5.11. The first-order valence-corrected chi connectivity index (χ1v) is 11.6. The van der Waals surface area contributed by atoms with Gasteiger partial charge in [-0.15, -0.1) is 0 Å². The molecule has 0 saturated carbocycles. The van der Waals surface area contributed by atoms with Crippen molar-refractivity contribution in [3.05, 3.63) is 107 Å². The van der Waals surface area contributed by atoms with Gasteiger partial charge in [0.1, 0.15) is 11.5 Å². The van der Waals surface area contributed by atoms with E-state index in [1.54, 1.807) is 24.5 Å². The first-order valence-electron chi connectivity index (χ1n) is 11.6. The molecule has 8 heteroatoms. The van der Waals surface area contributed by atoms with Crippen molar-refractivity contribution in [2.24, 2.45) is 0 Å². The van der Waals surface area contributed by atoms with Crippen molar-refractivity contribution in [1.29, 1.82) is 0 Å². The molecule has 1 saturated heterocycles. The highest BCUT2D eigenvalue weighted by molar-refractivity contribution is 6.02. The van der Waals surface area contributed by atoms with Gasteiger partial charge >= 0.3 is 0 Å². The average Bonchev–Trinajstić information content (AvgIpc) is 3.58. The third-order valence-corrected chi connectivity index (χ3v) is 6.12. The summed E-state index contributed by atoms with van der Waals surface area (Å²) in [4.78, 5) is 36.8. The number of carbonyl (C=O) groups excluding carboxylic acids is 2. The molecule has 5 rings (SSSR count). The van der Waals surface area contributed by atoms with Crippen molar-refractivity contribution in [2.45, 2.75) is 32.4 Å². The van der Waals surface area contributed by atoms with Gasteiger partial charge in [0.2, 0.25) is 0 Å². The second-order valence-corrected chi connectivity index (χ2v) is 8.68. The zero-order valence-corrected chi connectivity index (χ0v) is 19.5.